The summed E-state index contributed by atoms with van der Waals surface area (Å²) in [6.45, 7) is 4.46. The first-order chi connectivity index (χ1) is 9.33. The van der Waals surface area contributed by atoms with E-state index in [1.54, 1.807) is 0 Å². The number of para-hydroxylation sites is 1. The molecule has 3 aromatic rings. The number of hydrogen-bond donors (Lipinski definition) is 1. The van der Waals surface area contributed by atoms with E-state index in [9.17, 15) is 0 Å². The molecular weight excluding hydrogens is 236 g/mol. The Balaban J connectivity index is 2.06. The van der Waals surface area contributed by atoms with Crippen molar-refractivity contribution in [3.63, 3.8) is 0 Å². The Morgan fingerprint density at radius 3 is 2.89 bits per heavy atom. The molecule has 0 unspecified atom stereocenters. The smallest absolute Gasteiger partial charge is 0.0948 e. The zero-order valence-electron chi connectivity index (χ0n) is 11.1. The summed E-state index contributed by atoms with van der Waals surface area (Å²) in [4.78, 5) is 4.22. The number of benzene rings is 1. The molecule has 0 radical (unpaired) electrons. The van der Waals surface area contributed by atoms with Gasteiger partial charge >= 0.3 is 0 Å². The van der Waals surface area contributed by atoms with Crippen LogP contribution in [0.3, 0.4) is 0 Å². The summed E-state index contributed by atoms with van der Waals surface area (Å²) in [7, 11) is 0. The molecular formula is C15H18N4. The van der Waals surface area contributed by atoms with Crippen molar-refractivity contribution in [2.24, 2.45) is 5.73 Å². The van der Waals surface area contributed by atoms with Gasteiger partial charge in [-0.3, -0.25) is 0 Å². The average Bonchev–Trinajstić information content (AvgIpc) is 3.06. The lowest BCUT2D eigenvalue weighted by molar-refractivity contribution is 0.678. The Morgan fingerprint density at radius 2 is 2.11 bits per heavy atom. The van der Waals surface area contributed by atoms with Crippen molar-refractivity contribution in [2.75, 3.05) is 0 Å². The van der Waals surface area contributed by atoms with Gasteiger partial charge in [-0.05, 0) is 23.9 Å². The predicted molar refractivity (Wildman–Crippen MR) is 76.8 cm³/mol. The van der Waals surface area contributed by atoms with Crippen molar-refractivity contribution in [3.8, 4) is 0 Å². The maximum Gasteiger partial charge on any atom is 0.0948 e. The molecule has 0 atom stereocenters. The van der Waals surface area contributed by atoms with Crippen molar-refractivity contribution >= 4 is 10.9 Å². The standard InChI is InChI=1S/C15H18N4/c1-2-18-11-17-9-14(18)10-19-7-6-12-4-3-5-13(8-16)15(12)19/h3-7,9,11H,2,8,10,16H2,1H3. The van der Waals surface area contributed by atoms with Gasteiger partial charge in [-0.1, -0.05) is 18.2 Å². The second-order valence-corrected chi connectivity index (χ2v) is 4.67. The van der Waals surface area contributed by atoms with E-state index in [1.807, 2.05) is 12.5 Å². The second kappa shape index (κ2) is 4.90. The summed E-state index contributed by atoms with van der Waals surface area (Å²) < 4.78 is 4.41. The molecule has 0 saturated carbocycles. The van der Waals surface area contributed by atoms with Crippen LogP contribution in [0.2, 0.25) is 0 Å². The van der Waals surface area contributed by atoms with Gasteiger partial charge in [-0.25, -0.2) is 4.98 Å². The number of hydrogen-bond acceptors (Lipinski definition) is 2. The molecule has 19 heavy (non-hydrogen) atoms. The van der Waals surface area contributed by atoms with Crippen LogP contribution in [0.5, 0.6) is 0 Å². The predicted octanol–water partition coefficient (Wildman–Crippen LogP) is 2.36. The molecule has 3 rings (SSSR count). The lowest BCUT2D eigenvalue weighted by atomic mass is 10.1. The van der Waals surface area contributed by atoms with Crippen molar-refractivity contribution < 1.29 is 0 Å². The Morgan fingerprint density at radius 1 is 1.21 bits per heavy atom. The SMILES string of the molecule is CCn1cncc1Cn1ccc2cccc(CN)c21. The van der Waals surface area contributed by atoms with E-state index < -0.39 is 0 Å². The Bertz CT molecular complexity index is 693. The highest BCUT2D eigenvalue weighted by atomic mass is 15.1. The first kappa shape index (κ1) is 12.0. The van der Waals surface area contributed by atoms with Crippen LogP contribution in [0.1, 0.15) is 18.2 Å². The first-order valence-electron chi connectivity index (χ1n) is 6.59. The van der Waals surface area contributed by atoms with Gasteiger partial charge in [-0.2, -0.15) is 0 Å². The fourth-order valence-electron chi connectivity index (χ4n) is 2.58. The minimum Gasteiger partial charge on any atom is -0.341 e. The number of aryl methyl sites for hydroxylation is 1. The minimum absolute atomic E-state index is 0.564. The summed E-state index contributed by atoms with van der Waals surface area (Å²) in [5.74, 6) is 0. The van der Waals surface area contributed by atoms with Gasteiger partial charge in [-0.15, -0.1) is 0 Å². The lowest BCUT2D eigenvalue weighted by Crippen LogP contribution is -2.07. The van der Waals surface area contributed by atoms with Gasteiger partial charge in [0.25, 0.3) is 0 Å². The zero-order chi connectivity index (χ0) is 13.2. The summed E-state index contributed by atoms with van der Waals surface area (Å²) >= 11 is 0. The number of imidazole rings is 1. The molecule has 98 valence electrons. The van der Waals surface area contributed by atoms with Crippen LogP contribution >= 0.6 is 0 Å². The highest BCUT2D eigenvalue weighted by molar-refractivity contribution is 5.83. The third kappa shape index (κ3) is 2.04. The third-order valence-corrected chi connectivity index (χ3v) is 3.56. The fourth-order valence-corrected chi connectivity index (χ4v) is 2.58. The summed E-state index contributed by atoms with van der Waals surface area (Å²) in [5, 5.41) is 1.24. The highest BCUT2D eigenvalue weighted by Gasteiger charge is 2.08. The number of nitrogens with zero attached hydrogens (tertiary/aromatic N) is 3. The van der Waals surface area contributed by atoms with Crippen LogP contribution in [0.15, 0.2) is 43.0 Å². The van der Waals surface area contributed by atoms with Gasteiger partial charge in [0.15, 0.2) is 0 Å². The van der Waals surface area contributed by atoms with Crippen LogP contribution in [-0.2, 0) is 19.6 Å². The van der Waals surface area contributed by atoms with E-state index in [0.29, 0.717) is 6.54 Å². The summed E-state index contributed by atoms with van der Waals surface area (Å²) in [6.07, 6.45) is 5.93. The van der Waals surface area contributed by atoms with Gasteiger partial charge in [0.05, 0.1) is 24.1 Å². The largest absolute Gasteiger partial charge is 0.341 e. The maximum absolute atomic E-state index is 5.84. The van der Waals surface area contributed by atoms with Gasteiger partial charge in [0, 0.05) is 25.5 Å². The zero-order valence-corrected chi connectivity index (χ0v) is 11.1. The van der Waals surface area contributed by atoms with E-state index in [0.717, 1.165) is 13.1 Å². The quantitative estimate of drug-likeness (QED) is 0.777. The Labute approximate surface area is 112 Å². The molecule has 0 aliphatic rings. The molecule has 0 spiro atoms. The second-order valence-electron chi connectivity index (χ2n) is 4.67. The van der Waals surface area contributed by atoms with Crippen molar-refractivity contribution in [1.82, 2.24) is 14.1 Å². The van der Waals surface area contributed by atoms with Crippen LogP contribution in [0, 0.1) is 0 Å². The number of nitrogens with two attached hydrogens (primary N) is 1. The summed E-state index contributed by atoms with van der Waals surface area (Å²) in [5.41, 5.74) is 9.47. The molecule has 1 aromatic carbocycles. The van der Waals surface area contributed by atoms with Crippen LogP contribution in [-0.4, -0.2) is 14.1 Å². The average molecular weight is 254 g/mol. The molecule has 0 saturated heterocycles. The number of aromatic nitrogens is 3. The topological polar surface area (TPSA) is 48.8 Å². The van der Waals surface area contributed by atoms with Crippen molar-refractivity contribution in [1.29, 1.82) is 0 Å². The maximum atomic E-state index is 5.84. The molecule has 2 N–H and O–H groups in total. The highest BCUT2D eigenvalue weighted by Crippen LogP contribution is 2.21. The summed E-state index contributed by atoms with van der Waals surface area (Å²) in [6, 6.07) is 8.42. The van der Waals surface area contributed by atoms with Crippen molar-refractivity contribution in [3.05, 3.63) is 54.2 Å². The fraction of sp³-hybridized carbons (Fsp3) is 0.267. The molecule has 0 aliphatic heterocycles. The molecule has 0 bridgehead atoms. The van der Waals surface area contributed by atoms with Gasteiger partial charge < -0.3 is 14.9 Å². The lowest BCUT2D eigenvalue weighted by Gasteiger charge is -2.10. The number of fused-ring (bicyclic) bond motifs is 1. The molecule has 4 heteroatoms. The number of rotatable bonds is 4. The molecule has 2 heterocycles. The monoisotopic (exact) mass is 254 g/mol. The Kier molecular flexibility index (Phi) is 3.09. The first-order valence-corrected chi connectivity index (χ1v) is 6.59. The van der Waals surface area contributed by atoms with Crippen molar-refractivity contribution in [2.45, 2.75) is 26.6 Å². The minimum atomic E-state index is 0.564. The van der Waals surface area contributed by atoms with E-state index in [-0.39, 0.29) is 0 Å². The van der Waals surface area contributed by atoms with E-state index >= 15 is 0 Å². The van der Waals surface area contributed by atoms with Crippen LogP contribution in [0.4, 0.5) is 0 Å². The molecule has 2 aromatic heterocycles. The van der Waals surface area contributed by atoms with E-state index in [1.165, 1.54) is 22.2 Å². The van der Waals surface area contributed by atoms with Gasteiger partial charge in [0.2, 0.25) is 0 Å². The van der Waals surface area contributed by atoms with Gasteiger partial charge in [0.1, 0.15) is 0 Å². The van der Waals surface area contributed by atoms with Crippen LogP contribution < -0.4 is 5.73 Å². The third-order valence-electron chi connectivity index (χ3n) is 3.56. The normalized spacial score (nSPS) is 11.3. The molecule has 0 fully saturated rings. The van der Waals surface area contributed by atoms with E-state index in [2.05, 4.69) is 51.5 Å². The molecule has 4 nitrogen and oxygen atoms in total. The Hall–Kier alpha value is -2.07. The molecule has 0 aliphatic carbocycles. The van der Waals surface area contributed by atoms with Crippen LogP contribution in [0.25, 0.3) is 10.9 Å². The van der Waals surface area contributed by atoms with E-state index in [4.69, 9.17) is 5.73 Å². The molecule has 0 amide bonds.